The normalized spacial score (nSPS) is 16.0. The number of aromatic nitrogens is 3. The van der Waals surface area contributed by atoms with Gasteiger partial charge in [-0.3, -0.25) is 9.78 Å². The molecule has 0 bridgehead atoms. The van der Waals surface area contributed by atoms with Crippen molar-refractivity contribution in [2.45, 2.75) is 57.4 Å². The SMILES string of the molecule is O=C(CCc1nnc(-c2ccncc2)o1)NC1CCCCCC1. The number of carbonyl (C=O) groups is 1. The molecule has 0 atom stereocenters. The maximum atomic E-state index is 12.1. The highest BCUT2D eigenvalue weighted by Crippen LogP contribution is 2.18. The Morgan fingerprint density at radius 2 is 1.87 bits per heavy atom. The lowest BCUT2D eigenvalue weighted by molar-refractivity contribution is -0.121. The molecule has 1 aliphatic carbocycles. The van der Waals surface area contributed by atoms with Gasteiger partial charge in [-0.05, 0) is 25.0 Å². The van der Waals surface area contributed by atoms with Crippen LogP contribution in [0.1, 0.15) is 50.8 Å². The number of nitrogens with zero attached hydrogens (tertiary/aromatic N) is 3. The molecule has 1 fully saturated rings. The van der Waals surface area contributed by atoms with Gasteiger partial charge in [0.1, 0.15) is 0 Å². The monoisotopic (exact) mass is 314 g/mol. The van der Waals surface area contributed by atoms with Gasteiger partial charge < -0.3 is 9.73 Å². The lowest BCUT2D eigenvalue weighted by Crippen LogP contribution is -2.34. The first-order valence-corrected chi connectivity index (χ1v) is 8.33. The van der Waals surface area contributed by atoms with Crippen molar-refractivity contribution in [1.29, 1.82) is 0 Å². The minimum absolute atomic E-state index is 0.0700. The van der Waals surface area contributed by atoms with Crippen LogP contribution in [0.3, 0.4) is 0 Å². The number of nitrogens with one attached hydrogen (secondary N) is 1. The van der Waals surface area contributed by atoms with E-state index in [9.17, 15) is 4.79 Å². The molecule has 1 amide bonds. The van der Waals surface area contributed by atoms with E-state index >= 15 is 0 Å². The first kappa shape index (κ1) is 15.6. The second-order valence-corrected chi connectivity index (χ2v) is 5.99. The van der Waals surface area contributed by atoms with Crippen LogP contribution in [0.4, 0.5) is 0 Å². The zero-order valence-electron chi connectivity index (χ0n) is 13.2. The van der Waals surface area contributed by atoms with Crippen LogP contribution in [-0.2, 0) is 11.2 Å². The van der Waals surface area contributed by atoms with Gasteiger partial charge in [0.15, 0.2) is 0 Å². The molecular formula is C17H22N4O2. The zero-order chi connectivity index (χ0) is 15.9. The Hall–Kier alpha value is -2.24. The van der Waals surface area contributed by atoms with E-state index in [-0.39, 0.29) is 5.91 Å². The predicted molar refractivity (Wildman–Crippen MR) is 85.5 cm³/mol. The molecule has 1 N–H and O–H groups in total. The van der Waals surface area contributed by atoms with Gasteiger partial charge in [0.2, 0.25) is 17.7 Å². The van der Waals surface area contributed by atoms with Gasteiger partial charge in [-0.1, -0.05) is 25.7 Å². The summed E-state index contributed by atoms with van der Waals surface area (Å²) in [5, 5.41) is 11.2. The van der Waals surface area contributed by atoms with Crippen molar-refractivity contribution >= 4 is 5.91 Å². The molecule has 6 nitrogen and oxygen atoms in total. The van der Waals surface area contributed by atoms with E-state index in [0.29, 0.717) is 30.7 Å². The van der Waals surface area contributed by atoms with Crippen LogP contribution in [0.5, 0.6) is 0 Å². The maximum Gasteiger partial charge on any atom is 0.247 e. The molecule has 6 heteroatoms. The van der Waals surface area contributed by atoms with E-state index in [1.165, 1.54) is 25.7 Å². The van der Waals surface area contributed by atoms with Crippen LogP contribution < -0.4 is 5.32 Å². The van der Waals surface area contributed by atoms with E-state index in [2.05, 4.69) is 20.5 Å². The minimum Gasteiger partial charge on any atom is -0.421 e. The van der Waals surface area contributed by atoms with E-state index in [4.69, 9.17) is 4.42 Å². The summed E-state index contributed by atoms with van der Waals surface area (Å²) in [5.74, 6) is 1.03. The quantitative estimate of drug-likeness (QED) is 0.858. The molecule has 3 rings (SSSR count). The average molecular weight is 314 g/mol. The van der Waals surface area contributed by atoms with E-state index < -0.39 is 0 Å². The van der Waals surface area contributed by atoms with E-state index in [1.54, 1.807) is 12.4 Å². The summed E-state index contributed by atoms with van der Waals surface area (Å²) in [5.41, 5.74) is 0.835. The predicted octanol–water partition coefficient (Wildman–Crippen LogP) is 2.90. The van der Waals surface area contributed by atoms with Crippen molar-refractivity contribution in [3.8, 4) is 11.5 Å². The molecule has 0 aromatic carbocycles. The standard InChI is InChI=1S/C17H22N4O2/c22-15(19-14-5-3-1-2-4-6-14)7-8-16-20-21-17(23-16)13-9-11-18-12-10-13/h9-12,14H,1-8H2,(H,19,22). The van der Waals surface area contributed by atoms with Crippen LogP contribution in [0.15, 0.2) is 28.9 Å². The first-order chi connectivity index (χ1) is 11.3. The van der Waals surface area contributed by atoms with E-state index in [0.717, 1.165) is 18.4 Å². The Bertz CT molecular complexity index is 619. The molecule has 23 heavy (non-hydrogen) atoms. The van der Waals surface area contributed by atoms with Crippen molar-refractivity contribution in [2.75, 3.05) is 0 Å². The van der Waals surface area contributed by atoms with Gasteiger partial charge >= 0.3 is 0 Å². The van der Waals surface area contributed by atoms with Gasteiger partial charge in [-0.25, -0.2) is 0 Å². The summed E-state index contributed by atoms with van der Waals surface area (Å²) >= 11 is 0. The summed E-state index contributed by atoms with van der Waals surface area (Å²) in [4.78, 5) is 16.0. The van der Waals surface area contributed by atoms with Gasteiger partial charge in [-0.15, -0.1) is 10.2 Å². The van der Waals surface area contributed by atoms with Gasteiger partial charge in [0, 0.05) is 36.8 Å². The van der Waals surface area contributed by atoms with Gasteiger partial charge in [0.25, 0.3) is 0 Å². The van der Waals surface area contributed by atoms with Crippen LogP contribution >= 0.6 is 0 Å². The Morgan fingerprint density at radius 1 is 1.13 bits per heavy atom. The Labute approximate surface area is 135 Å². The van der Waals surface area contributed by atoms with Crippen LogP contribution in [0.25, 0.3) is 11.5 Å². The molecule has 0 saturated heterocycles. The van der Waals surface area contributed by atoms with Crippen LogP contribution in [0.2, 0.25) is 0 Å². The molecule has 0 spiro atoms. The highest BCUT2D eigenvalue weighted by atomic mass is 16.4. The topological polar surface area (TPSA) is 80.9 Å². The van der Waals surface area contributed by atoms with Crippen LogP contribution in [0, 0.1) is 0 Å². The van der Waals surface area contributed by atoms with Gasteiger partial charge in [0.05, 0.1) is 0 Å². The third-order valence-electron chi connectivity index (χ3n) is 4.18. The number of rotatable bonds is 5. The summed E-state index contributed by atoms with van der Waals surface area (Å²) in [7, 11) is 0. The average Bonchev–Trinajstić information content (AvgIpc) is 2.91. The van der Waals surface area contributed by atoms with Crippen LogP contribution in [-0.4, -0.2) is 27.1 Å². The number of hydrogen-bond donors (Lipinski definition) is 1. The largest absolute Gasteiger partial charge is 0.421 e. The number of amides is 1. The molecule has 0 radical (unpaired) electrons. The second-order valence-electron chi connectivity index (χ2n) is 5.99. The lowest BCUT2D eigenvalue weighted by atomic mass is 10.1. The second kappa shape index (κ2) is 7.85. The Kier molecular flexibility index (Phi) is 5.34. The van der Waals surface area contributed by atoms with Gasteiger partial charge in [-0.2, -0.15) is 0 Å². The fraction of sp³-hybridized carbons (Fsp3) is 0.529. The fourth-order valence-electron chi connectivity index (χ4n) is 2.91. The first-order valence-electron chi connectivity index (χ1n) is 8.33. The smallest absolute Gasteiger partial charge is 0.247 e. The number of hydrogen-bond acceptors (Lipinski definition) is 5. The summed E-state index contributed by atoms with van der Waals surface area (Å²) in [6.45, 7) is 0. The summed E-state index contributed by atoms with van der Waals surface area (Å²) < 4.78 is 5.60. The number of pyridine rings is 1. The highest BCUT2D eigenvalue weighted by Gasteiger charge is 2.15. The maximum absolute atomic E-state index is 12.1. The molecule has 2 aromatic heterocycles. The third kappa shape index (κ3) is 4.61. The number of carbonyl (C=O) groups excluding carboxylic acids is 1. The lowest BCUT2D eigenvalue weighted by Gasteiger charge is -2.15. The third-order valence-corrected chi connectivity index (χ3v) is 4.18. The fourth-order valence-corrected chi connectivity index (χ4v) is 2.91. The molecule has 1 aliphatic rings. The number of aryl methyl sites for hydroxylation is 1. The van der Waals surface area contributed by atoms with Crippen molar-refractivity contribution in [3.63, 3.8) is 0 Å². The molecule has 0 unspecified atom stereocenters. The Balaban J connectivity index is 1.48. The summed E-state index contributed by atoms with van der Waals surface area (Å²) in [6.07, 6.45) is 11.4. The molecular weight excluding hydrogens is 292 g/mol. The minimum atomic E-state index is 0.0700. The van der Waals surface area contributed by atoms with Crippen molar-refractivity contribution in [1.82, 2.24) is 20.5 Å². The van der Waals surface area contributed by atoms with E-state index in [1.807, 2.05) is 12.1 Å². The molecule has 0 aliphatic heterocycles. The molecule has 2 aromatic rings. The molecule has 122 valence electrons. The zero-order valence-corrected chi connectivity index (χ0v) is 13.2. The Morgan fingerprint density at radius 3 is 2.61 bits per heavy atom. The highest BCUT2D eigenvalue weighted by molar-refractivity contribution is 5.76. The van der Waals surface area contributed by atoms with Crippen molar-refractivity contribution in [2.24, 2.45) is 0 Å². The molecule has 1 saturated carbocycles. The molecule has 2 heterocycles. The van der Waals surface area contributed by atoms with Crippen molar-refractivity contribution < 1.29 is 9.21 Å². The summed E-state index contributed by atoms with van der Waals surface area (Å²) in [6, 6.07) is 3.96. The van der Waals surface area contributed by atoms with Crippen molar-refractivity contribution in [3.05, 3.63) is 30.4 Å².